The Morgan fingerprint density at radius 3 is 2.41 bits per heavy atom. The number of hydrogen-bond acceptors (Lipinski definition) is 2. The van der Waals surface area contributed by atoms with Gasteiger partial charge in [-0.25, -0.2) is 0 Å². The van der Waals surface area contributed by atoms with Crippen LogP contribution in [0.15, 0.2) is 24.3 Å². The minimum Gasteiger partial charge on any atom is -0.481 e. The van der Waals surface area contributed by atoms with Crippen LogP contribution in [0.4, 0.5) is 13.2 Å². The van der Waals surface area contributed by atoms with Gasteiger partial charge in [-0.1, -0.05) is 39.0 Å². The number of rotatable bonds is 6. The van der Waals surface area contributed by atoms with Crippen LogP contribution < -0.4 is 5.32 Å². The third-order valence-corrected chi connectivity index (χ3v) is 3.13. The molecule has 2 N–H and O–H groups in total. The summed E-state index contributed by atoms with van der Waals surface area (Å²) in [6.45, 7) is 6.19. The Morgan fingerprint density at radius 2 is 1.91 bits per heavy atom. The fourth-order valence-corrected chi connectivity index (χ4v) is 2.29. The summed E-state index contributed by atoms with van der Waals surface area (Å²) >= 11 is 0. The maximum atomic E-state index is 12.7. The van der Waals surface area contributed by atoms with Gasteiger partial charge in [0, 0.05) is 12.6 Å². The molecule has 0 fully saturated rings. The van der Waals surface area contributed by atoms with Crippen LogP contribution >= 0.6 is 0 Å². The quantitative estimate of drug-likeness (QED) is 0.831. The zero-order valence-electron chi connectivity index (χ0n) is 13.0. The van der Waals surface area contributed by atoms with Crippen molar-refractivity contribution < 1.29 is 23.1 Å². The lowest BCUT2D eigenvalue weighted by Crippen LogP contribution is -2.34. The Hall–Kier alpha value is -1.56. The number of hydrogen-bond donors (Lipinski definition) is 2. The molecule has 0 saturated carbocycles. The average Bonchev–Trinajstić information content (AvgIpc) is 2.33. The first-order valence-corrected chi connectivity index (χ1v) is 7.09. The smallest absolute Gasteiger partial charge is 0.416 e. The minimum absolute atomic E-state index is 0.0593. The van der Waals surface area contributed by atoms with Crippen LogP contribution in [0.5, 0.6) is 0 Å². The molecule has 1 aromatic rings. The summed E-state index contributed by atoms with van der Waals surface area (Å²) in [6, 6.07) is 4.77. The van der Waals surface area contributed by atoms with E-state index in [9.17, 15) is 18.0 Å². The fourth-order valence-electron chi connectivity index (χ4n) is 2.29. The lowest BCUT2D eigenvalue weighted by molar-refractivity contribution is -0.138. The third kappa shape index (κ3) is 6.93. The Kier molecular flexibility index (Phi) is 6.00. The molecule has 0 aliphatic rings. The highest BCUT2D eigenvalue weighted by atomic mass is 19.4. The first-order chi connectivity index (χ1) is 9.97. The van der Waals surface area contributed by atoms with E-state index in [-0.39, 0.29) is 24.4 Å². The molecule has 22 heavy (non-hydrogen) atoms. The molecule has 3 nitrogen and oxygen atoms in total. The molecule has 0 heterocycles. The van der Waals surface area contributed by atoms with Gasteiger partial charge >= 0.3 is 12.1 Å². The number of benzene rings is 1. The largest absolute Gasteiger partial charge is 0.481 e. The van der Waals surface area contributed by atoms with Crippen LogP contribution in [0.3, 0.4) is 0 Å². The summed E-state index contributed by atoms with van der Waals surface area (Å²) < 4.78 is 38.0. The van der Waals surface area contributed by atoms with E-state index in [1.54, 1.807) is 6.07 Å². The maximum absolute atomic E-state index is 12.7. The monoisotopic (exact) mass is 317 g/mol. The predicted octanol–water partition coefficient (Wildman–Crippen LogP) is 4.07. The molecule has 0 aliphatic heterocycles. The highest BCUT2D eigenvalue weighted by Crippen LogP contribution is 2.29. The van der Waals surface area contributed by atoms with Gasteiger partial charge in [0.1, 0.15) is 0 Å². The van der Waals surface area contributed by atoms with E-state index in [1.165, 1.54) is 6.07 Å². The maximum Gasteiger partial charge on any atom is 0.416 e. The van der Waals surface area contributed by atoms with Crippen molar-refractivity contribution in [3.8, 4) is 0 Å². The number of alkyl halides is 3. The second kappa shape index (κ2) is 7.13. The summed E-state index contributed by atoms with van der Waals surface area (Å²) in [5.74, 6) is -0.925. The minimum atomic E-state index is -4.37. The second-order valence-electron chi connectivity index (χ2n) is 6.64. The molecule has 0 spiro atoms. The summed E-state index contributed by atoms with van der Waals surface area (Å²) in [5, 5.41) is 12.0. The van der Waals surface area contributed by atoms with Crippen molar-refractivity contribution in [3.63, 3.8) is 0 Å². The Balaban J connectivity index is 2.74. The molecular formula is C16H22F3NO2. The van der Waals surface area contributed by atoms with Crippen LogP contribution in [-0.2, 0) is 17.5 Å². The Morgan fingerprint density at radius 1 is 1.27 bits per heavy atom. The number of carboxylic acids is 1. The standard InChI is InChI=1S/C16H22F3NO2/c1-15(2,3)9-13(8-14(21)22)20-10-11-5-4-6-12(7-11)16(17,18)19/h4-7,13,20H,8-10H2,1-3H3,(H,21,22). The van der Waals surface area contributed by atoms with Gasteiger partial charge in [-0.2, -0.15) is 13.2 Å². The van der Waals surface area contributed by atoms with E-state index in [4.69, 9.17) is 5.11 Å². The first-order valence-electron chi connectivity index (χ1n) is 7.09. The van der Waals surface area contributed by atoms with Crippen molar-refractivity contribution >= 4 is 5.97 Å². The molecule has 124 valence electrons. The predicted molar refractivity (Wildman–Crippen MR) is 78.4 cm³/mol. The van der Waals surface area contributed by atoms with Crippen molar-refractivity contribution in [2.24, 2.45) is 5.41 Å². The van der Waals surface area contributed by atoms with Crippen LogP contribution in [0.1, 0.15) is 44.7 Å². The Bertz CT molecular complexity index is 507. The van der Waals surface area contributed by atoms with Gasteiger partial charge in [-0.05, 0) is 23.5 Å². The van der Waals surface area contributed by atoms with Crippen LogP contribution in [0, 0.1) is 5.41 Å². The Labute approximate surface area is 128 Å². The summed E-state index contributed by atoms with van der Waals surface area (Å²) in [7, 11) is 0. The first kappa shape index (κ1) is 18.5. The SMILES string of the molecule is CC(C)(C)CC(CC(=O)O)NCc1cccc(C(F)(F)F)c1. The van der Waals surface area contributed by atoms with Crippen molar-refractivity contribution in [1.82, 2.24) is 5.32 Å². The molecule has 6 heteroatoms. The van der Waals surface area contributed by atoms with Gasteiger partial charge in [-0.3, -0.25) is 4.79 Å². The number of carboxylic acid groups (broad SMARTS) is 1. The van der Waals surface area contributed by atoms with Gasteiger partial charge < -0.3 is 10.4 Å². The van der Waals surface area contributed by atoms with Crippen molar-refractivity contribution in [1.29, 1.82) is 0 Å². The lowest BCUT2D eigenvalue weighted by Gasteiger charge is -2.26. The number of nitrogens with one attached hydrogen (secondary N) is 1. The number of halogens is 3. The van der Waals surface area contributed by atoms with E-state index in [2.05, 4.69) is 5.32 Å². The zero-order chi connectivity index (χ0) is 17.0. The molecule has 1 unspecified atom stereocenters. The van der Waals surface area contributed by atoms with Gasteiger partial charge in [-0.15, -0.1) is 0 Å². The van der Waals surface area contributed by atoms with Crippen LogP contribution in [0.25, 0.3) is 0 Å². The van der Waals surface area contributed by atoms with Crippen molar-refractivity contribution in [3.05, 3.63) is 35.4 Å². The topological polar surface area (TPSA) is 49.3 Å². The summed E-state index contributed by atoms with van der Waals surface area (Å²) in [4.78, 5) is 10.9. The van der Waals surface area contributed by atoms with Crippen LogP contribution in [-0.4, -0.2) is 17.1 Å². The van der Waals surface area contributed by atoms with E-state index in [1.807, 2.05) is 20.8 Å². The van der Waals surface area contributed by atoms with Gasteiger partial charge in [0.25, 0.3) is 0 Å². The summed E-state index contributed by atoms with van der Waals surface area (Å²) in [6.07, 6.45) is -3.81. The highest BCUT2D eigenvalue weighted by molar-refractivity contribution is 5.67. The molecule has 0 bridgehead atoms. The third-order valence-electron chi connectivity index (χ3n) is 3.13. The van der Waals surface area contributed by atoms with Gasteiger partial charge in [0.15, 0.2) is 0 Å². The van der Waals surface area contributed by atoms with Gasteiger partial charge in [0.2, 0.25) is 0 Å². The van der Waals surface area contributed by atoms with E-state index >= 15 is 0 Å². The summed E-state index contributed by atoms with van der Waals surface area (Å²) in [5.41, 5.74) is -0.280. The molecule has 0 aromatic heterocycles. The van der Waals surface area contributed by atoms with E-state index in [0.29, 0.717) is 12.0 Å². The highest BCUT2D eigenvalue weighted by Gasteiger charge is 2.30. The average molecular weight is 317 g/mol. The molecule has 1 aromatic carbocycles. The van der Waals surface area contributed by atoms with Crippen LogP contribution in [0.2, 0.25) is 0 Å². The normalized spacial score (nSPS) is 13.9. The van der Waals surface area contributed by atoms with Crippen molar-refractivity contribution in [2.75, 3.05) is 0 Å². The molecule has 1 rings (SSSR count). The molecule has 0 aliphatic carbocycles. The molecular weight excluding hydrogens is 295 g/mol. The molecule has 0 radical (unpaired) electrons. The second-order valence-corrected chi connectivity index (χ2v) is 6.64. The fraction of sp³-hybridized carbons (Fsp3) is 0.562. The number of aliphatic carboxylic acids is 1. The van der Waals surface area contributed by atoms with Gasteiger partial charge in [0.05, 0.1) is 12.0 Å². The van der Waals surface area contributed by atoms with E-state index in [0.717, 1.165) is 12.1 Å². The molecule has 1 atom stereocenters. The van der Waals surface area contributed by atoms with E-state index < -0.39 is 17.7 Å². The van der Waals surface area contributed by atoms with Crippen molar-refractivity contribution in [2.45, 2.75) is 52.4 Å². The lowest BCUT2D eigenvalue weighted by atomic mass is 9.87. The molecule has 0 amide bonds. The molecule has 0 saturated heterocycles. The zero-order valence-corrected chi connectivity index (χ0v) is 13.0. The number of carbonyl (C=O) groups is 1.